The van der Waals surface area contributed by atoms with Crippen molar-refractivity contribution in [1.29, 1.82) is 0 Å². The van der Waals surface area contributed by atoms with Crippen LogP contribution in [0.2, 0.25) is 0 Å². The summed E-state index contributed by atoms with van der Waals surface area (Å²) in [5.74, 6) is 4.14. The van der Waals surface area contributed by atoms with Gasteiger partial charge in [-0.2, -0.15) is 0 Å². The Balaban J connectivity index is 1.52. The summed E-state index contributed by atoms with van der Waals surface area (Å²) in [6, 6.07) is 27.7. The highest BCUT2D eigenvalue weighted by Gasteiger charge is 2.37. The molecule has 3 aromatic carbocycles. The molecule has 0 aromatic heterocycles. The number of nitrogens with one attached hydrogen (secondary N) is 1. The van der Waals surface area contributed by atoms with Gasteiger partial charge in [-0.05, 0) is 73.2 Å². The number of unbranched alkanes of at least 4 members (excludes halogenated alkanes) is 2. The van der Waals surface area contributed by atoms with Crippen molar-refractivity contribution >= 4 is 21.6 Å². The number of hydrogen-bond acceptors (Lipinski definition) is 6. The Labute approximate surface area is 223 Å². The molecule has 1 aliphatic rings. The van der Waals surface area contributed by atoms with E-state index in [9.17, 15) is 0 Å². The van der Waals surface area contributed by atoms with Gasteiger partial charge in [0.1, 0.15) is 17.1 Å². The van der Waals surface area contributed by atoms with Crippen LogP contribution in [0.3, 0.4) is 0 Å². The van der Waals surface area contributed by atoms with Gasteiger partial charge in [0.25, 0.3) is 0 Å². The maximum atomic E-state index is 6.92. The van der Waals surface area contributed by atoms with Crippen LogP contribution < -0.4 is 14.8 Å². The average molecular weight is 524 g/mol. The summed E-state index contributed by atoms with van der Waals surface area (Å²) < 4.78 is 17.8. The van der Waals surface area contributed by atoms with E-state index < -0.39 is 5.60 Å². The van der Waals surface area contributed by atoms with Crippen molar-refractivity contribution in [3.05, 3.63) is 95.6 Å². The van der Waals surface area contributed by atoms with Crippen molar-refractivity contribution in [2.75, 3.05) is 38.9 Å². The maximum Gasteiger partial charge on any atom is 0.143 e. The quantitative estimate of drug-likeness (QED) is 0.149. The zero-order chi connectivity index (χ0) is 25.1. The zero-order valence-corrected chi connectivity index (χ0v) is 22.9. The van der Waals surface area contributed by atoms with Crippen molar-refractivity contribution in [3.8, 4) is 11.5 Å². The van der Waals surface area contributed by atoms with Crippen LogP contribution in [0, 0.1) is 0 Å². The van der Waals surface area contributed by atoms with Gasteiger partial charge in [0.2, 0.25) is 0 Å². The monoisotopic (exact) mass is 523 g/mol. The van der Waals surface area contributed by atoms with Gasteiger partial charge in [0, 0.05) is 24.2 Å². The lowest BCUT2D eigenvalue weighted by atomic mass is 9.80. The lowest BCUT2D eigenvalue weighted by Gasteiger charge is -2.36. The Kier molecular flexibility index (Phi) is 10.5. The molecule has 1 fully saturated rings. The number of hydrogen-bond donors (Lipinski definition) is 1. The summed E-state index contributed by atoms with van der Waals surface area (Å²) in [5, 5.41) is 3.73. The van der Waals surface area contributed by atoms with Gasteiger partial charge in [0.15, 0.2) is 0 Å². The summed E-state index contributed by atoms with van der Waals surface area (Å²) in [6.45, 7) is 1.75. The minimum Gasteiger partial charge on any atom is -0.497 e. The van der Waals surface area contributed by atoms with Crippen LogP contribution in [-0.4, -0.2) is 44.9 Å². The van der Waals surface area contributed by atoms with Crippen molar-refractivity contribution in [3.63, 3.8) is 0 Å². The molecule has 0 spiro atoms. The highest BCUT2D eigenvalue weighted by molar-refractivity contribution is 8.76. The fourth-order valence-electron chi connectivity index (χ4n) is 4.63. The standard InChI is InChI=1S/C30H37NO3S2/c1-32-28-15-11-25(12-16-28)30(24-9-5-3-6-10-24,26-13-17-29(33-2)18-14-26)34-21-8-4-7-20-31-27-19-22-35-36-23-27/h3,5-6,9-18,27,31H,4,7-8,19-23H2,1-2H3/t27-/m0/s1. The molecule has 0 aliphatic carbocycles. The molecule has 0 unspecified atom stereocenters. The second-order valence-corrected chi connectivity index (χ2v) is 11.6. The van der Waals surface area contributed by atoms with Crippen LogP contribution >= 0.6 is 21.6 Å². The first-order valence-electron chi connectivity index (χ1n) is 12.7. The Morgan fingerprint density at radius 3 is 1.92 bits per heavy atom. The molecule has 0 saturated carbocycles. The predicted molar refractivity (Wildman–Crippen MR) is 153 cm³/mol. The third-order valence-corrected chi connectivity index (χ3v) is 9.16. The van der Waals surface area contributed by atoms with Crippen LogP contribution in [-0.2, 0) is 10.3 Å². The summed E-state index contributed by atoms with van der Waals surface area (Å²) in [4.78, 5) is 0. The number of rotatable bonds is 13. The Bertz CT molecular complexity index is 975. The van der Waals surface area contributed by atoms with E-state index >= 15 is 0 Å². The second-order valence-electron chi connectivity index (χ2n) is 8.96. The number of ether oxygens (including phenoxy) is 3. The topological polar surface area (TPSA) is 39.7 Å². The molecule has 0 radical (unpaired) electrons. The molecule has 1 atom stereocenters. The smallest absolute Gasteiger partial charge is 0.143 e. The minimum atomic E-state index is -0.727. The van der Waals surface area contributed by atoms with Crippen LogP contribution in [0.15, 0.2) is 78.9 Å². The zero-order valence-electron chi connectivity index (χ0n) is 21.3. The first-order valence-corrected chi connectivity index (χ1v) is 15.2. The molecule has 3 aromatic rings. The highest BCUT2D eigenvalue weighted by atomic mass is 33.1. The van der Waals surface area contributed by atoms with Crippen LogP contribution in [0.25, 0.3) is 0 Å². The molecule has 192 valence electrons. The minimum absolute atomic E-state index is 0.670. The van der Waals surface area contributed by atoms with E-state index in [1.54, 1.807) is 14.2 Å². The predicted octanol–water partition coefficient (Wildman–Crippen LogP) is 6.93. The second kappa shape index (κ2) is 14.0. The summed E-state index contributed by atoms with van der Waals surface area (Å²) in [7, 11) is 7.38. The van der Waals surface area contributed by atoms with Crippen molar-refractivity contribution in [2.45, 2.75) is 37.3 Å². The van der Waals surface area contributed by atoms with E-state index in [0.717, 1.165) is 47.6 Å². The van der Waals surface area contributed by atoms with E-state index in [4.69, 9.17) is 14.2 Å². The van der Waals surface area contributed by atoms with Gasteiger partial charge in [-0.15, -0.1) is 0 Å². The van der Waals surface area contributed by atoms with Crippen LogP contribution in [0.4, 0.5) is 0 Å². The summed E-state index contributed by atoms with van der Waals surface area (Å²) in [5.41, 5.74) is 2.53. The van der Waals surface area contributed by atoms with Gasteiger partial charge in [-0.1, -0.05) is 76.2 Å². The van der Waals surface area contributed by atoms with E-state index in [2.05, 4.69) is 53.8 Å². The highest BCUT2D eigenvalue weighted by Crippen LogP contribution is 2.41. The number of benzene rings is 3. The molecule has 4 rings (SSSR count). The van der Waals surface area contributed by atoms with Gasteiger partial charge in [-0.25, -0.2) is 0 Å². The fraction of sp³-hybridized carbons (Fsp3) is 0.400. The molecule has 1 aliphatic heterocycles. The third-order valence-electron chi connectivity index (χ3n) is 6.65. The molecular formula is C30H37NO3S2. The molecule has 1 saturated heterocycles. The fourth-order valence-corrected chi connectivity index (χ4v) is 7.10. The van der Waals surface area contributed by atoms with Crippen molar-refractivity contribution in [2.24, 2.45) is 0 Å². The molecule has 1 N–H and O–H groups in total. The van der Waals surface area contributed by atoms with E-state index in [-0.39, 0.29) is 0 Å². The lowest BCUT2D eigenvalue weighted by molar-refractivity contribution is 0.0106. The molecule has 0 amide bonds. The molecule has 0 bridgehead atoms. The van der Waals surface area contributed by atoms with Crippen LogP contribution in [0.1, 0.15) is 42.4 Å². The molecule has 1 heterocycles. The van der Waals surface area contributed by atoms with E-state index in [1.165, 1.54) is 24.3 Å². The molecule has 4 nitrogen and oxygen atoms in total. The third kappa shape index (κ3) is 6.80. The van der Waals surface area contributed by atoms with Crippen LogP contribution in [0.5, 0.6) is 11.5 Å². The Morgan fingerprint density at radius 2 is 1.36 bits per heavy atom. The largest absolute Gasteiger partial charge is 0.497 e. The Hall–Kier alpha value is -2.12. The van der Waals surface area contributed by atoms with Gasteiger partial charge >= 0.3 is 0 Å². The maximum absolute atomic E-state index is 6.92. The Morgan fingerprint density at radius 1 is 0.750 bits per heavy atom. The van der Waals surface area contributed by atoms with Gasteiger partial charge in [-0.3, -0.25) is 0 Å². The first-order chi connectivity index (χ1) is 17.8. The average Bonchev–Trinajstić information content (AvgIpc) is 2.96. The summed E-state index contributed by atoms with van der Waals surface area (Å²) >= 11 is 0. The van der Waals surface area contributed by atoms with Gasteiger partial charge in [0.05, 0.1) is 14.2 Å². The van der Waals surface area contributed by atoms with E-state index in [0.29, 0.717) is 12.6 Å². The SMILES string of the molecule is COc1ccc(C(OCCCCCN[C@H]2CCSSC2)(c2ccccc2)c2ccc(OC)cc2)cc1. The van der Waals surface area contributed by atoms with Gasteiger partial charge < -0.3 is 19.5 Å². The van der Waals surface area contributed by atoms with Crippen molar-refractivity contribution in [1.82, 2.24) is 5.32 Å². The molecule has 6 heteroatoms. The summed E-state index contributed by atoms with van der Waals surface area (Å²) in [6.07, 6.45) is 4.60. The molecule has 36 heavy (non-hydrogen) atoms. The molecular weight excluding hydrogens is 486 g/mol. The van der Waals surface area contributed by atoms with E-state index in [1.807, 2.05) is 51.9 Å². The van der Waals surface area contributed by atoms with Crippen molar-refractivity contribution < 1.29 is 14.2 Å². The normalized spacial score (nSPS) is 16.0. The number of methoxy groups -OCH3 is 2. The first kappa shape index (κ1) is 26.9. The lowest BCUT2D eigenvalue weighted by Crippen LogP contribution is -2.34.